The molecule has 3 rings (SSSR count). The SMILES string of the molecule is Cc1cc2c(Cl)nc(-c3ccc(Br)cc3F)nc2s1. The molecule has 0 unspecified atom stereocenters. The van der Waals surface area contributed by atoms with Gasteiger partial charge < -0.3 is 0 Å². The second-order valence-electron chi connectivity index (χ2n) is 4.04. The molecule has 6 heteroatoms. The molecule has 2 heterocycles. The molecule has 0 fully saturated rings. The van der Waals surface area contributed by atoms with Crippen molar-refractivity contribution in [1.82, 2.24) is 9.97 Å². The van der Waals surface area contributed by atoms with Gasteiger partial charge in [0, 0.05) is 14.7 Å². The molecule has 2 nitrogen and oxygen atoms in total. The minimum atomic E-state index is -0.377. The van der Waals surface area contributed by atoms with Crippen LogP contribution in [0.1, 0.15) is 4.88 Å². The lowest BCUT2D eigenvalue weighted by Gasteiger charge is -2.03. The van der Waals surface area contributed by atoms with Crippen LogP contribution in [0, 0.1) is 12.7 Å². The molecule has 0 aliphatic carbocycles. The van der Waals surface area contributed by atoms with Crippen molar-refractivity contribution < 1.29 is 4.39 Å². The van der Waals surface area contributed by atoms with Crippen LogP contribution in [0.25, 0.3) is 21.6 Å². The van der Waals surface area contributed by atoms with E-state index < -0.39 is 0 Å². The van der Waals surface area contributed by atoms with Gasteiger partial charge in [-0.15, -0.1) is 11.3 Å². The molecule has 0 aliphatic rings. The smallest absolute Gasteiger partial charge is 0.165 e. The second kappa shape index (κ2) is 4.81. The number of hydrogen-bond acceptors (Lipinski definition) is 3. The van der Waals surface area contributed by atoms with Gasteiger partial charge >= 0.3 is 0 Å². The number of aromatic nitrogens is 2. The molecule has 19 heavy (non-hydrogen) atoms. The molecule has 2 aromatic heterocycles. The summed E-state index contributed by atoms with van der Waals surface area (Å²) in [6.45, 7) is 1.97. The van der Waals surface area contributed by atoms with Gasteiger partial charge in [0.05, 0.1) is 5.56 Å². The number of hydrogen-bond donors (Lipinski definition) is 0. The lowest BCUT2D eigenvalue weighted by atomic mass is 10.2. The van der Waals surface area contributed by atoms with E-state index in [0.29, 0.717) is 21.0 Å². The third-order valence-electron chi connectivity index (χ3n) is 2.64. The van der Waals surface area contributed by atoms with Gasteiger partial charge in [-0.2, -0.15) is 0 Å². The van der Waals surface area contributed by atoms with E-state index in [1.165, 1.54) is 17.4 Å². The van der Waals surface area contributed by atoms with Crippen LogP contribution in [0.3, 0.4) is 0 Å². The summed E-state index contributed by atoms with van der Waals surface area (Å²) in [5, 5.41) is 1.16. The Labute approximate surface area is 126 Å². The quantitative estimate of drug-likeness (QED) is 0.558. The first kappa shape index (κ1) is 13.0. The molecule has 0 spiro atoms. The van der Waals surface area contributed by atoms with E-state index in [-0.39, 0.29) is 5.82 Å². The van der Waals surface area contributed by atoms with Gasteiger partial charge in [0.15, 0.2) is 5.82 Å². The van der Waals surface area contributed by atoms with Crippen molar-refractivity contribution in [3.05, 3.63) is 44.6 Å². The van der Waals surface area contributed by atoms with E-state index in [1.54, 1.807) is 12.1 Å². The number of rotatable bonds is 1. The number of aryl methyl sites for hydroxylation is 1. The number of nitrogens with zero attached hydrogens (tertiary/aromatic N) is 2. The Morgan fingerprint density at radius 2 is 2.05 bits per heavy atom. The molecule has 0 radical (unpaired) electrons. The van der Waals surface area contributed by atoms with Crippen LogP contribution < -0.4 is 0 Å². The Morgan fingerprint density at radius 3 is 2.79 bits per heavy atom. The summed E-state index contributed by atoms with van der Waals surface area (Å²) >= 11 is 10.9. The van der Waals surface area contributed by atoms with E-state index in [2.05, 4.69) is 25.9 Å². The van der Waals surface area contributed by atoms with Crippen LogP contribution in [0.2, 0.25) is 5.15 Å². The van der Waals surface area contributed by atoms with E-state index in [1.807, 2.05) is 13.0 Å². The molecule has 1 aromatic carbocycles. The van der Waals surface area contributed by atoms with Crippen LogP contribution in [0.5, 0.6) is 0 Å². The maximum Gasteiger partial charge on any atom is 0.165 e. The lowest BCUT2D eigenvalue weighted by Crippen LogP contribution is -1.92. The molecule has 0 aliphatic heterocycles. The predicted molar refractivity (Wildman–Crippen MR) is 80.3 cm³/mol. The standard InChI is InChI=1S/C13H7BrClFN2S/c1-6-4-9-11(15)17-12(18-13(9)19-6)8-3-2-7(14)5-10(8)16/h2-5H,1H3. The fraction of sp³-hybridized carbons (Fsp3) is 0.0769. The molecule has 96 valence electrons. The van der Waals surface area contributed by atoms with Crippen molar-refractivity contribution in [3.8, 4) is 11.4 Å². The summed E-state index contributed by atoms with van der Waals surface area (Å²) in [6.07, 6.45) is 0. The van der Waals surface area contributed by atoms with Crippen LogP contribution in [-0.4, -0.2) is 9.97 Å². The van der Waals surface area contributed by atoms with Crippen molar-refractivity contribution in [2.24, 2.45) is 0 Å². The molecular formula is C13H7BrClFN2S. The average Bonchev–Trinajstić information content (AvgIpc) is 2.70. The predicted octanol–water partition coefficient (Wildman–Crippen LogP) is 5.22. The normalized spacial score (nSPS) is 11.2. The third-order valence-corrected chi connectivity index (χ3v) is 4.37. The minimum Gasteiger partial charge on any atom is -0.217 e. The van der Waals surface area contributed by atoms with E-state index in [4.69, 9.17) is 11.6 Å². The zero-order valence-corrected chi connectivity index (χ0v) is 12.9. The highest BCUT2D eigenvalue weighted by atomic mass is 79.9. The minimum absolute atomic E-state index is 0.310. The fourth-order valence-electron chi connectivity index (χ4n) is 1.80. The van der Waals surface area contributed by atoms with Crippen LogP contribution in [0.4, 0.5) is 4.39 Å². The summed E-state index contributed by atoms with van der Waals surface area (Å²) in [4.78, 5) is 10.4. The topological polar surface area (TPSA) is 25.8 Å². The number of fused-ring (bicyclic) bond motifs is 1. The molecule has 0 N–H and O–H groups in total. The Bertz CT molecular complexity index is 788. The third kappa shape index (κ3) is 2.38. The highest BCUT2D eigenvalue weighted by Gasteiger charge is 2.13. The van der Waals surface area contributed by atoms with Gasteiger partial charge in [-0.05, 0) is 31.2 Å². The number of thiophene rings is 1. The maximum atomic E-state index is 13.9. The monoisotopic (exact) mass is 356 g/mol. The molecule has 0 bridgehead atoms. The van der Waals surface area contributed by atoms with Gasteiger partial charge in [-0.1, -0.05) is 27.5 Å². The van der Waals surface area contributed by atoms with Gasteiger partial charge in [0.25, 0.3) is 0 Å². The first-order valence-corrected chi connectivity index (χ1v) is 7.42. The zero-order chi connectivity index (χ0) is 13.6. The summed E-state index contributed by atoms with van der Waals surface area (Å²) in [7, 11) is 0. The summed E-state index contributed by atoms with van der Waals surface area (Å²) in [6, 6.07) is 6.71. The average molecular weight is 358 g/mol. The van der Waals surface area contributed by atoms with Gasteiger partial charge in [-0.25, -0.2) is 14.4 Å². The number of benzene rings is 1. The lowest BCUT2D eigenvalue weighted by molar-refractivity contribution is 0.629. The fourth-order valence-corrected chi connectivity index (χ4v) is 3.29. The maximum absolute atomic E-state index is 13.9. The highest BCUT2D eigenvalue weighted by molar-refractivity contribution is 9.10. The van der Waals surface area contributed by atoms with Crippen LogP contribution in [0.15, 0.2) is 28.7 Å². The van der Waals surface area contributed by atoms with Crippen molar-refractivity contribution in [1.29, 1.82) is 0 Å². The molecular weight excluding hydrogens is 351 g/mol. The Balaban J connectivity index is 2.25. The Hall–Kier alpha value is -1.04. The van der Waals surface area contributed by atoms with Crippen molar-refractivity contribution in [2.75, 3.05) is 0 Å². The zero-order valence-electron chi connectivity index (χ0n) is 9.75. The van der Waals surface area contributed by atoms with Gasteiger partial charge in [0.2, 0.25) is 0 Å². The van der Waals surface area contributed by atoms with Crippen LogP contribution >= 0.6 is 38.9 Å². The Kier molecular flexibility index (Phi) is 3.28. The summed E-state index contributed by atoms with van der Waals surface area (Å²) < 4.78 is 14.6. The Morgan fingerprint density at radius 1 is 1.26 bits per heavy atom. The van der Waals surface area contributed by atoms with Gasteiger partial charge in [-0.3, -0.25) is 0 Å². The number of halogens is 3. The molecule has 3 aromatic rings. The molecule has 0 amide bonds. The first-order valence-electron chi connectivity index (χ1n) is 5.44. The largest absolute Gasteiger partial charge is 0.217 e. The van der Waals surface area contributed by atoms with E-state index in [9.17, 15) is 4.39 Å². The van der Waals surface area contributed by atoms with E-state index in [0.717, 1.165) is 15.1 Å². The van der Waals surface area contributed by atoms with E-state index >= 15 is 0 Å². The highest BCUT2D eigenvalue weighted by Crippen LogP contribution is 2.31. The molecule has 0 atom stereocenters. The van der Waals surface area contributed by atoms with Gasteiger partial charge in [0.1, 0.15) is 15.8 Å². The molecule has 0 saturated carbocycles. The molecule has 0 saturated heterocycles. The summed E-state index contributed by atoms with van der Waals surface area (Å²) in [5.74, 6) is -0.0672. The van der Waals surface area contributed by atoms with Crippen molar-refractivity contribution >= 4 is 49.1 Å². The first-order chi connectivity index (χ1) is 9.04. The van der Waals surface area contributed by atoms with Crippen molar-refractivity contribution in [3.63, 3.8) is 0 Å². The van der Waals surface area contributed by atoms with Crippen LogP contribution in [-0.2, 0) is 0 Å². The second-order valence-corrected chi connectivity index (χ2v) is 6.55. The van der Waals surface area contributed by atoms with Crippen molar-refractivity contribution in [2.45, 2.75) is 6.92 Å². The summed E-state index contributed by atoms with van der Waals surface area (Å²) in [5.41, 5.74) is 0.345.